The summed E-state index contributed by atoms with van der Waals surface area (Å²) in [5.41, 5.74) is 0.0179. The minimum Gasteiger partial charge on any atom is -0.299 e. The summed E-state index contributed by atoms with van der Waals surface area (Å²) >= 11 is 0. The molecule has 2 fully saturated rings. The van der Waals surface area contributed by atoms with Gasteiger partial charge in [0.15, 0.2) is 0 Å². The molecule has 2 saturated carbocycles. The lowest BCUT2D eigenvalue weighted by Crippen LogP contribution is -2.22. The Hall–Kier alpha value is -0.330. The Morgan fingerprint density at radius 2 is 2.10 bits per heavy atom. The molecule has 0 heterocycles. The first kappa shape index (κ1) is 6.38. The van der Waals surface area contributed by atoms with Crippen LogP contribution in [0.2, 0.25) is 0 Å². The first-order chi connectivity index (χ1) is 4.55. The minimum atomic E-state index is 0.0179. The van der Waals surface area contributed by atoms with E-state index in [1.807, 2.05) is 0 Å². The Labute approximate surface area is 61.8 Å². The molecule has 0 aromatic rings. The predicted molar refractivity (Wildman–Crippen MR) is 39.5 cm³/mol. The average Bonchev–Trinajstić information content (AvgIpc) is 2.34. The summed E-state index contributed by atoms with van der Waals surface area (Å²) in [5, 5.41) is 0. The van der Waals surface area contributed by atoms with Crippen molar-refractivity contribution < 1.29 is 4.79 Å². The topological polar surface area (TPSA) is 17.1 Å². The van der Waals surface area contributed by atoms with Crippen molar-refractivity contribution in [3.05, 3.63) is 0 Å². The molecule has 3 atom stereocenters. The summed E-state index contributed by atoms with van der Waals surface area (Å²) in [7, 11) is 0. The number of hydrogen-bond acceptors (Lipinski definition) is 1. The first-order valence-corrected chi connectivity index (χ1v) is 4.08. The lowest BCUT2D eigenvalue weighted by molar-refractivity contribution is -0.126. The molecule has 56 valence electrons. The third-order valence-electron chi connectivity index (χ3n) is 3.54. The van der Waals surface area contributed by atoms with Gasteiger partial charge in [-0.25, -0.2) is 0 Å². The van der Waals surface area contributed by atoms with E-state index in [0.29, 0.717) is 5.78 Å². The fourth-order valence-corrected chi connectivity index (χ4v) is 2.71. The van der Waals surface area contributed by atoms with Crippen molar-refractivity contribution in [1.29, 1.82) is 0 Å². The highest BCUT2D eigenvalue weighted by Crippen LogP contribution is 2.63. The van der Waals surface area contributed by atoms with Crippen LogP contribution >= 0.6 is 0 Å². The molecule has 0 aromatic heterocycles. The van der Waals surface area contributed by atoms with Gasteiger partial charge in [0.05, 0.1) is 0 Å². The van der Waals surface area contributed by atoms with Gasteiger partial charge in [-0.15, -0.1) is 0 Å². The maximum atomic E-state index is 11.3. The normalized spacial score (nSPS) is 49.1. The molecule has 2 aliphatic carbocycles. The van der Waals surface area contributed by atoms with E-state index in [9.17, 15) is 4.79 Å². The summed E-state index contributed by atoms with van der Waals surface area (Å²) < 4.78 is 0. The van der Waals surface area contributed by atoms with E-state index in [2.05, 4.69) is 20.8 Å². The van der Waals surface area contributed by atoms with Crippen molar-refractivity contribution in [1.82, 2.24) is 0 Å². The van der Waals surface area contributed by atoms with Gasteiger partial charge in [0.2, 0.25) is 0 Å². The van der Waals surface area contributed by atoms with Crippen molar-refractivity contribution >= 4 is 5.78 Å². The summed E-state index contributed by atoms with van der Waals surface area (Å²) in [4.78, 5) is 11.3. The number of carbonyl (C=O) groups excluding carboxylic acids is 1. The van der Waals surface area contributed by atoms with Gasteiger partial charge in [0, 0.05) is 11.8 Å². The molecule has 0 aliphatic heterocycles. The van der Waals surface area contributed by atoms with E-state index >= 15 is 0 Å². The second-order valence-electron chi connectivity index (χ2n) is 4.40. The standard InChI is InChI=1S/C9H14O/c1-5-6-4-7(10)9(2,3)8(5)6/h5-6,8H,4H2,1-3H3/t5-,6-,8+/m0/s1. The summed E-state index contributed by atoms with van der Waals surface area (Å²) in [6, 6.07) is 0. The summed E-state index contributed by atoms with van der Waals surface area (Å²) in [6.07, 6.45) is 0.860. The zero-order valence-corrected chi connectivity index (χ0v) is 6.85. The quantitative estimate of drug-likeness (QED) is 0.499. The van der Waals surface area contributed by atoms with E-state index in [0.717, 1.165) is 24.2 Å². The van der Waals surface area contributed by atoms with Crippen LogP contribution in [0.5, 0.6) is 0 Å². The highest BCUT2D eigenvalue weighted by atomic mass is 16.1. The van der Waals surface area contributed by atoms with E-state index < -0.39 is 0 Å². The predicted octanol–water partition coefficient (Wildman–Crippen LogP) is 1.87. The van der Waals surface area contributed by atoms with Crippen LogP contribution in [0.25, 0.3) is 0 Å². The molecule has 0 aromatic carbocycles. The van der Waals surface area contributed by atoms with Crippen LogP contribution in [0, 0.1) is 23.2 Å². The van der Waals surface area contributed by atoms with E-state index in [4.69, 9.17) is 0 Å². The molecule has 0 saturated heterocycles. The third kappa shape index (κ3) is 0.518. The zero-order valence-electron chi connectivity index (χ0n) is 6.85. The summed E-state index contributed by atoms with van der Waals surface area (Å²) in [6.45, 7) is 6.47. The Balaban J connectivity index is 2.27. The molecule has 2 aliphatic rings. The monoisotopic (exact) mass is 138 g/mol. The van der Waals surface area contributed by atoms with Crippen molar-refractivity contribution in [2.75, 3.05) is 0 Å². The molecule has 0 amide bonds. The largest absolute Gasteiger partial charge is 0.299 e. The lowest BCUT2D eigenvalue weighted by atomic mass is 9.84. The Bertz CT molecular complexity index is 193. The van der Waals surface area contributed by atoms with Crippen molar-refractivity contribution in [2.45, 2.75) is 27.2 Å². The molecule has 0 bridgehead atoms. The van der Waals surface area contributed by atoms with Gasteiger partial charge in [-0.05, 0) is 17.8 Å². The summed E-state index contributed by atoms with van der Waals surface area (Å²) in [5.74, 6) is 2.79. The number of rotatable bonds is 0. The molecular weight excluding hydrogens is 124 g/mol. The highest BCUT2D eigenvalue weighted by molar-refractivity contribution is 5.88. The molecule has 0 N–H and O–H groups in total. The van der Waals surface area contributed by atoms with Gasteiger partial charge in [-0.1, -0.05) is 20.8 Å². The number of hydrogen-bond donors (Lipinski definition) is 0. The smallest absolute Gasteiger partial charge is 0.139 e. The first-order valence-electron chi connectivity index (χ1n) is 4.08. The van der Waals surface area contributed by atoms with E-state index in [1.54, 1.807) is 0 Å². The molecule has 0 spiro atoms. The van der Waals surface area contributed by atoms with E-state index in [1.165, 1.54) is 0 Å². The van der Waals surface area contributed by atoms with Crippen LogP contribution < -0.4 is 0 Å². The SMILES string of the molecule is C[C@H]1[C@@H]2CC(=O)C(C)(C)[C@H]12. The van der Waals surface area contributed by atoms with Gasteiger partial charge < -0.3 is 0 Å². The molecule has 10 heavy (non-hydrogen) atoms. The number of ketones is 1. The van der Waals surface area contributed by atoms with Crippen molar-refractivity contribution in [3.8, 4) is 0 Å². The van der Waals surface area contributed by atoms with Crippen LogP contribution in [0.1, 0.15) is 27.2 Å². The van der Waals surface area contributed by atoms with Crippen LogP contribution in [0.15, 0.2) is 0 Å². The second kappa shape index (κ2) is 1.46. The van der Waals surface area contributed by atoms with Crippen LogP contribution in [0.3, 0.4) is 0 Å². The number of Topliss-reactive ketones (excluding diaryl/α,β-unsaturated/α-hetero) is 1. The average molecular weight is 138 g/mol. The third-order valence-corrected chi connectivity index (χ3v) is 3.54. The van der Waals surface area contributed by atoms with Gasteiger partial charge in [0.1, 0.15) is 5.78 Å². The van der Waals surface area contributed by atoms with E-state index in [-0.39, 0.29) is 5.41 Å². The van der Waals surface area contributed by atoms with Gasteiger partial charge in [-0.2, -0.15) is 0 Å². The molecule has 2 rings (SSSR count). The van der Waals surface area contributed by atoms with Crippen LogP contribution in [-0.4, -0.2) is 5.78 Å². The fraction of sp³-hybridized carbons (Fsp3) is 0.889. The molecule has 1 nitrogen and oxygen atoms in total. The molecule has 1 heteroatoms. The Morgan fingerprint density at radius 1 is 1.50 bits per heavy atom. The maximum absolute atomic E-state index is 11.3. The van der Waals surface area contributed by atoms with Gasteiger partial charge >= 0.3 is 0 Å². The molecule has 0 unspecified atom stereocenters. The number of carbonyl (C=O) groups is 1. The lowest BCUT2D eigenvalue weighted by Gasteiger charge is -2.18. The van der Waals surface area contributed by atoms with Crippen molar-refractivity contribution in [3.63, 3.8) is 0 Å². The van der Waals surface area contributed by atoms with Crippen LogP contribution in [-0.2, 0) is 4.79 Å². The van der Waals surface area contributed by atoms with Gasteiger partial charge in [0.25, 0.3) is 0 Å². The van der Waals surface area contributed by atoms with Crippen molar-refractivity contribution in [2.24, 2.45) is 23.2 Å². The minimum absolute atomic E-state index is 0.0179. The highest BCUT2D eigenvalue weighted by Gasteiger charge is 2.63. The zero-order chi connectivity index (χ0) is 7.52. The maximum Gasteiger partial charge on any atom is 0.139 e. The Kier molecular flexibility index (Phi) is 0.934. The van der Waals surface area contributed by atoms with Crippen LogP contribution in [0.4, 0.5) is 0 Å². The second-order valence-corrected chi connectivity index (χ2v) is 4.40. The molecular formula is C9H14O. The fourth-order valence-electron chi connectivity index (χ4n) is 2.71. The Morgan fingerprint density at radius 3 is 2.40 bits per heavy atom. The molecule has 0 radical (unpaired) electrons. The number of fused-ring (bicyclic) bond motifs is 1. The van der Waals surface area contributed by atoms with Gasteiger partial charge in [-0.3, -0.25) is 4.79 Å².